The van der Waals surface area contributed by atoms with E-state index >= 15 is 0 Å². The molecule has 0 atom stereocenters. The fourth-order valence-electron chi connectivity index (χ4n) is 2.46. The highest BCUT2D eigenvalue weighted by Gasteiger charge is 2.22. The fourth-order valence-corrected chi connectivity index (χ4v) is 2.46. The normalized spacial score (nSPS) is 15.0. The molecule has 0 amide bonds. The van der Waals surface area contributed by atoms with Crippen LogP contribution in [-0.2, 0) is 0 Å². The van der Waals surface area contributed by atoms with E-state index in [9.17, 15) is 0 Å². The average molecular weight is 202 g/mol. The summed E-state index contributed by atoms with van der Waals surface area (Å²) in [4.78, 5) is 0. The molecule has 2 aromatic carbocycles. The summed E-state index contributed by atoms with van der Waals surface area (Å²) >= 11 is 0. The number of rotatable bonds is 0. The van der Waals surface area contributed by atoms with E-state index in [1.54, 1.807) is 0 Å². The van der Waals surface area contributed by atoms with Gasteiger partial charge in [0.1, 0.15) is 0 Å². The molecule has 16 heavy (non-hydrogen) atoms. The van der Waals surface area contributed by atoms with Crippen LogP contribution in [0.5, 0.6) is 0 Å². The number of benzene rings is 2. The minimum atomic E-state index is 1.33. The fraction of sp³-hybridized carbons (Fsp3) is 0. The Balaban J connectivity index is 2.20. The van der Waals surface area contributed by atoms with Crippen molar-refractivity contribution in [3.8, 4) is 0 Å². The Bertz CT molecular complexity index is 746. The van der Waals surface area contributed by atoms with Gasteiger partial charge in [-0.25, -0.2) is 0 Å². The zero-order valence-electron chi connectivity index (χ0n) is 8.77. The lowest BCUT2D eigenvalue weighted by atomic mass is 10.1. The molecule has 0 spiro atoms. The summed E-state index contributed by atoms with van der Waals surface area (Å²) in [5.41, 5.74) is 5.52. The van der Waals surface area contributed by atoms with Gasteiger partial charge in [-0.2, -0.15) is 0 Å². The Hall–Kier alpha value is -2.08. The van der Waals surface area contributed by atoms with E-state index in [1.807, 2.05) is 0 Å². The Kier molecular flexibility index (Phi) is 1.39. The number of allylic oxidation sites excluding steroid dienone is 2. The molecular formula is C16H10. The molecule has 0 saturated heterocycles. The monoisotopic (exact) mass is 202 g/mol. The van der Waals surface area contributed by atoms with E-state index in [2.05, 4.69) is 60.7 Å². The van der Waals surface area contributed by atoms with Gasteiger partial charge in [0, 0.05) is 0 Å². The first-order valence-electron chi connectivity index (χ1n) is 5.56. The van der Waals surface area contributed by atoms with Crippen molar-refractivity contribution in [1.82, 2.24) is 0 Å². The first-order chi connectivity index (χ1) is 7.93. The van der Waals surface area contributed by atoms with Crippen LogP contribution in [0, 0.1) is 0 Å². The zero-order valence-corrected chi connectivity index (χ0v) is 8.77. The minimum Gasteiger partial charge on any atom is -0.0616 e. The van der Waals surface area contributed by atoms with E-state index in [0.29, 0.717) is 0 Å². The third-order valence-corrected chi connectivity index (χ3v) is 3.31. The van der Waals surface area contributed by atoms with Crippen molar-refractivity contribution < 1.29 is 0 Å². The standard InChI is InChI=1S/C16H10/c1-3-7-13-11(5-1)9-12-6-2-4-8-14(12)16-10-15(13)16/h1-10H. The number of fused-ring (bicyclic) bond motifs is 4. The Morgan fingerprint density at radius 3 is 2.50 bits per heavy atom. The summed E-state index contributed by atoms with van der Waals surface area (Å²) in [7, 11) is 0. The summed E-state index contributed by atoms with van der Waals surface area (Å²) in [6.07, 6.45) is 4.56. The Morgan fingerprint density at radius 1 is 0.688 bits per heavy atom. The van der Waals surface area contributed by atoms with Crippen molar-refractivity contribution in [2.75, 3.05) is 0 Å². The van der Waals surface area contributed by atoms with Crippen molar-refractivity contribution in [2.45, 2.75) is 0 Å². The van der Waals surface area contributed by atoms with Crippen molar-refractivity contribution in [3.63, 3.8) is 0 Å². The molecule has 0 fully saturated rings. The van der Waals surface area contributed by atoms with Gasteiger partial charge in [0.2, 0.25) is 0 Å². The first-order valence-corrected chi connectivity index (χ1v) is 5.56. The van der Waals surface area contributed by atoms with Crippen LogP contribution >= 0.6 is 0 Å². The molecule has 0 saturated carbocycles. The highest BCUT2D eigenvalue weighted by molar-refractivity contribution is 6.20. The second-order valence-electron chi connectivity index (χ2n) is 4.29. The van der Waals surface area contributed by atoms with E-state index < -0.39 is 0 Å². The van der Waals surface area contributed by atoms with Crippen LogP contribution in [0.2, 0.25) is 0 Å². The Labute approximate surface area is 93.9 Å². The molecule has 4 rings (SSSR count). The summed E-state index contributed by atoms with van der Waals surface area (Å²) < 4.78 is 0. The molecule has 0 bridgehead atoms. The maximum atomic E-state index is 2.28. The lowest BCUT2D eigenvalue weighted by Gasteiger charge is -1.99. The second kappa shape index (κ2) is 2.73. The molecule has 0 aliphatic heterocycles. The van der Waals surface area contributed by atoms with Gasteiger partial charge in [-0.05, 0) is 44.9 Å². The molecule has 2 aliphatic rings. The lowest BCUT2D eigenvalue weighted by Crippen LogP contribution is -2.23. The van der Waals surface area contributed by atoms with Crippen LogP contribution < -0.4 is 10.4 Å². The summed E-state index contributed by atoms with van der Waals surface area (Å²) in [5, 5.41) is 2.70. The van der Waals surface area contributed by atoms with Crippen molar-refractivity contribution >= 4 is 17.2 Å². The third kappa shape index (κ3) is 0.989. The van der Waals surface area contributed by atoms with Crippen LogP contribution in [-0.4, -0.2) is 0 Å². The van der Waals surface area contributed by atoms with Crippen LogP contribution in [0.3, 0.4) is 0 Å². The molecule has 2 aromatic rings. The molecular weight excluding hydrogens is 192 g/mol. The van der Waals surface area contributed by atoms with Gasteiger partial charge in [-0.1, -0.05) is 48.5 Å². The van der Waals surface area contributed by atoms with E-state index in [1.165, 1.54) is 32.7 Å². The molecule has 0 aromatic heterocycles. The van der Waals surface area contributed by atoms with Gasteiger partial charge in [0.25, 0.3) is 0 Å². The van der Waals surface area contributed by atoms with Crippen molar-refractivity contribution in [2.24, 2.45) is 0 Å². The van der Waals surface area contributed by atoms with Crippen LogP contribution in [0.4, 0.5) is 0 Å². The molecule has 0 heteroatoms. The van der Waals surface area contributed by atoms with Gasteiger partial charge in [0.15, 0.2) is 0 Å². The zero-order chi connectivity index (χ0) is 10.5. The maximum absolute atomic E-state index is 2.28. The quantitative estimate of drug-likeness (QED) is 0.613. The largest absolute Gasteiger partial charge is 0.0616 e. The average Bonchev–Trinajstić information content (AvgIpc) is 3.09. The topological polar surface area (TPSA) is 0 Å². The van der Waals surface area contributed by atoms with Crippen LogP contribution in [0.1, 0.15) is 11.1 Å². The SMILES string of the molecule is C1=C2C1=c1ccccc1=Cc1ccccc12. The van der Waals surface area contributed by atoms with Crippen LogP contribution in [0.25, 0.3) is 17.2 Å². The smallest absolute Gasteiger partial charge is 0.00926 e. The molecule has 0 heterocycles. The molecule has 2 aliphatic carbocycles. The summed E-state index contributed by atoms with van der Waals surface area (Å²) in [6.45, 7) is 0. The molecule has 74 valence electrons. The van der Waals surface area contributed by atoms with Gasteiger partial charge in [-0.3, -0.25) is 0 Å². The summed E-state index contributed by atoms with van der Waals surface area (Å²) in [6, 6.07) is 17.2. The third-order valence-electron chi connectivity index (χ3n) is 3.31. The van der Waals surface area contributed by atoms with Gasteiger partial charge in [0.05, 0.1) is 0 Å². The van der Waals surface area contributed by atoms with Crippen molar-refractivity contribution in [3.05, 3.63) is 76.2 Å². The maximum Gasteiger partial charge on any atom is -0.00926 e. The number of hydrogen-bond donors (Lipinski definition) is 0. The highest BCUT2D eigenvalue weighted by Crippen LogP contribution is 2.40. The number of hydrogen-bond acceptors (Lipinski definition) is 0. The molecule has 0 nitrogen and oxygen atoms in total. The lowest BCUT2D eigenvalue weighted by molar-refractivity contribution is 1.51. The predicted octanol–water partition coefficient (Wildman–Crippen LogP) is 2.08. The Morgan fingerprint density at radius 2 is 1.50 bits per heavy atom. The van der Waals surface area contributed by atoms with Gasteiger partial charge >= 0.3 is 0 Å². The predicted molar refractivity (Wildman–Crippen MR) is 67.1 cm³/mol. The van der Waals surface area contributed by atoms with Gasteiger partial charge in [-0.15, -0.1) is 0 Å². The molecule has 0 unspecified atom stereocenters. The second-order valence-corrected chi connectivity index (χ2v) is 4.29. The van der Waals surface area contributed by atoms with E-state index in [4.69, 9.17) is 0 Å². The molecule has 0 radical (unpaired) electrons. The van der Waals surface area contributed by atoms with E-state index in [-0.39, 0.29) is 0 Å². The van der Waals surface area contributed by atoms with E-state index in [0.717, 1.165) is 0 Å². The van der Waals surface area contributed by atoms with Gasteiger partial charge < -0.3 is 0 Å². The molecule has 0 N–H and O–H groups in total. The van der Waals surface area contributed by atoms with Crippen molar-refractivity contribution in [1.29, 1.82) is 0 Å². The summed E-state index contributed by atoms with van der Waals surface area (Å²) in [5.74, 6) is 0. The highest BCUT2D eigenvalue weighted by atomic mass is 14.3. The van der Waals surface area contributed by atoms with Crippen LogP contribution in [0.15, 0.2) is 54.6 Å². The first kappa shape index (κ1) is 8.12. The minimum absolute atomic E-state index is 1.33.